The van der Waals surface area contributed by atoms with Gasteiger partial charge in [-0.3, -0.25) is 12.9 Å². The highest BCUT2D eigenvalue weighted by atomic mass is 32.2. The van der Waals surface area contributed by atoms with E-state index in [1.807, 2.05) is 30.3 Å². The summed E-state index contributed by atoms with van der Waals surface area (Å²) in [4.78, 5) is 12.0. The van der Waals surface area contributed by atoms with Crippen LogP contribution in [-0.4, -0.2) is 75.0 Å². The van der Waals surface area contributed by atoms with Crippen molar-refractivity contribution in [1.82, 2.24) is 9.44 Å². The van der Waals surface area contributed by atoms with E-state index in [2.05, 4.69) is 85.2 Å². The van der Waals surface area contributed by atoms with Crippen molar-refractivity contribution in [3.05, 3.63) is 35.9 Å². The fraction of sp³-hybridized carbons (Fsp3) is 0.750. The number of nitrogens with zero attached hydrogens (tertiary/aromatic N) is 2. The van der Waals surface area contributed by atoms with E-state index in [1.54, 1.807) is 12.5 Å². The van der Waals surface area contributed by atoms with Crippen molar-refractivity contribution in [3.63, 3.8) is 0 Å². The zero-order valence-electron chi connectivity index (χ0n) is 28.1. The number of rotatable bonds is 12. The molecule has 242 valence electrons. The molecule has 0 radical (unpaired) electrons. The molecule has 1 aromatic carbocycles. The summed E-state index contributed by atoms with van der Waals surface area (Å²) in [6.07, 6.45) is 5.47. The minimum absolute atomic E-state index is 0.0788. The summed E-state index contributed by atoms with van der Waals surface area (Å²) in [5.74, 6) is 0.166. The molecule has 2 atom stereocenters. The standard InChI is InChI=1S/C18H32N2O2SSi.C9H25N3OSSi.CH4O/c1-18(2,3)24(5,6)20-23(4,22)19-15-11-10-14-17(21)16-12-8-7-9-13-16;1-9(2,3)15(5,6)12-14(4,13)11-8-7-10;1-2/h7-9,12-13H,10-11,14-15H2,1-6H3,(H,19,20,22);7-8,10H2,1-6H3,(H,11,12,13);2H,1H3. The van der Waals surface area contributed by atoms with Crippen molar-refractivity contribution in [3.8, 4) is 0 Å². The molecule has 0 saturated carbocycles. The van der Waals surface area contributed by atoms with Gasteiger partial charge in [-0.25, -0.2) is 17.9 Å². The third-order valence-electron chi connectivity index (χ3n) is 7.29. The van der Waals surface area contributed by atoms with Crippen LogP contribution in [0.2, 0.25) is 36.3 Å². The number of hydrogen-bond donors (Lipinski definition) is 4. The first-order valence-corrected chi connectivity index (χ1v) is 23.9. The van der Waals surface area contributed by atoms with Crippen LogP contribution >= 0.6 is 0 Å². The predicted octanol–water partition coefficient (Wildman–Crippen LogP) is 5.81. The number of unbranched alkanes of at least 4 members (excludes halogenated alkanes) is 1. The summed E-state index contributed by atoms with van der Waals surface area (Å²) in [6.45, 7) is 23.2. The van der Waals surface area contributed by atoms with E-state index in [1.165, 1.54) is 0 Å². The predicted molar refractivity (Wildman–Crippen MR) is 185 cm³/mol. The third kappa shape index (κ3) is 17.7. The van der Waals surface area contributed by atoms with Crippen LogP contribution < -0.4 is 15.2 Å². The van der Waals surface area contributed by atoms with Crippen LogP contribution in [0.25, 0.3) is 0 Å². The van der Waals surface area contributed by atoms with Gasteiger partial charge in [0.2, 0.25) is 0 Å². The van der Waals surface area contributed by atoms with Gasteiger partial charge in [-0.2, -0.15) is 0 Å². The molecule has 1 aromatic rings. The maximum Gasteiger partial charge on any atom is 0.194 e. The fourth-order valence-corrected chi connectivity index (χ4v) is 13.6. The van der Waals surface area contributed by atoms with Crippen LogP contribution in [0.4, 0.5) is 0 Å². The van der Waals surface area contributed by atoms with Gasteiger partial charge in [0, 0.05) is 51.2 Å². The lowest BCUT2D eigenvalue weighted by Gasteiger charge is -2.33. The molecule has 0 fully saturated rings. The van der Waals surface area contributed by atoms with Crippen molar-refractivity contribution in [1.29, 1.82) is 0 Å². The average Bonchev–Trinajstić information content (AvgIpc) is 2.82. The van der Waals surface area contributed by atoms with Gasteiger partial charge in [0.25, 0.3) is 0 Å². The lowest BCUT2D eigenvalue weighted by molar-refractivity contribution is 0.0979. The molecule has 0 amide bonds. The number of aliphatic hydroxyl groups excluding tert-OH is 1. The highest BCUT2D eigenvalue weighted by molar-refractivity contribution is 7.92. The SMILES string of the molecule is CC(C)(C)[Si](C)(C)N=S(C)(=O)NCCCCC(=O)c1ccccc1.CC(C)(C)[Si](C)(C)N=S(C)(=O)NCCN.CO. The Labute approximate surface area is 255 Å². The maximum absolute atomic E-state index is 12.7. The molecule has 1 rings (SSSR count). The Balaban J connectivity index is 0. The van der Waals surface area contributed by atoms with Crippen LogP contribution in [0.15, 0.2) is 38.4 Å². The first kappa shape index (κ1) is 42.2. The number of benzene rings is 1. The first-order valence-electron chi connectivity index (χ1n) is 14.2. The quantitative estimate of drug-likeness (QED) is 0.128. The lowest BCUT2D eigenvalue weighted by Crippen LogP contribution is -2.39. The third-order valence-corrected chi connectivity index (χ3v) is 22.5. The average molecular weight is 652 g/mol. The second kappa shape index (κ2) is 18.0. The van der Waals surface area contributed by atoms with E-state index in [0.29, 0.717) is 26.1 Å². The van der Waals surface area contributed by atoms with Gasteiger partial charge in [0.1, 0.15) is 0 Å². The normalized spacial score (nSPS) is 15.2. The van der Waals surface area contributed by atoms with Crippen molar-refractivity contribution < 1.29 is 18.3 Å². The van der Waals surface area contributed by atoms with Crippen molar-refractivity contribution in [2.75, 3.05) is 39.3 Å². The second-order valence-electron chi connectivity index (χ2n) is 13.2. The van der Waals surface area contributed by atoms with E-state index in [0.717, 1.165) is 25.5 Å². The van der Waals surface area contributed by atoms with Crippen LogP contribution in [0.3, 0.4) is 0 Å². The number of nitrogens with one attached hydrogen (secondary N) is 2. The van der Waals surface area contributed by atoms with E-state index in [9.17, 15) is 13.2 Å². The number of carbonyl (C=O) groups excluding carboxylic acids is 1. The molecule has 0 bridgehead atoms. The van der Waals surface area contributed by atoms with E-state index in [-0.39, 0.29) is 15.9 Å². The van der Waals surface area contributed by atoms with Gasteiger partial charge in [-0.1, -0.05) is 71.9 Å². The lowest BCUT2D eigenvalue weighted by atomic mass is 10.1. The van der Waals surface area contributed by atoms with Crippen LogP contribution in [-0.2, 0) is 19.8 Å². The van der Waals surface area contributed by atoms with Crippen molar-refractivity contribution >= 4 is 42.1 Å². The number of Topliss-reactive ketones (excluding diaryl/α,β-unsaturated/α-hetero) is 1. The number of ketones is 1. The number of nitrogens with two attached hydrogens (primary N) is 1. The Morgan fingerprint density at radius 1 is 0.805 bits per heavy atom. The van der Waals surface area contributed by atoms with Gasteiger partial charge in [0.05, 0.1) is 19.8 Å². The second-order valence-corrected chi connectivity index (χ2v) is 27.7. The first-order chi connectivity index (χ1) is 18.5. The van der Waals surface area contributed by atoms with Crippen LogP contribution in [0.1, 0.15) is 71.2 Å². The molecular formula is C28H61N5O4S2Si2. The zero-order valence-corrected chi connectivity index (χ0v) is 31.7. The molecular weight excluding hydrogens is 591 g/mol. The topological polar surface area (TPSA) is 146 Å². The minimum Gasteiger partial charge on any atom is -0.400 e. The van der Waals surface area contributed by atoms with Crippen LogP contribution in [0, 0.1) is 0 Å². The monoisotopic (exact) mass is 651 g/mol. The van der Waals surface area contributed by atoms with Crippen molar-refractivity contribution in [2.45, 2.75) is 97.1 Å². The molecule has 41 heavy (non-hydrogen) atoms. The zero-order chi connectivity index (χ0) is 32.8. The maximum atomic E-state index is 12.7. The summed E-state index contributed by atoms with van der Waals surface area (Å²) in [5.41, 5.74) is 6.13. The smallest absolute Gasteiger partial charge is 0.194 e. The molecule has 0 aliphatic heterocycles. The molecule has 0 saturated heterocycles. The molecule has 13 heteroatoms. The molecule has 0 aliphatic carbocycles. The summed E-state index contributed by atoms with van der Waals surface area (Å²) in [5, 5.41) is 7.20. The Hall–Kier alpha value is -0.936. The highest BCUT2D eigenvalue weighted by Gasteiger charge is 2.37. The van der Waals surface area contributed by atoms with Gasteiger partial charge in [-0.05, 0) is 49.1 Å². The summed E-state index contributed by atoms with van der Waals surface area (Å²) < 4.78 is 40.0. The Bertz CT molecular complexity index is 1150. The van der Waals surface area contributed by atoms with E-state index >= 15 is 0 Å². The summed E-state index contributed by atoms with van der Waals surface area (Å²) in [7, 11) is -7.43. The van der Waals surface area contributed by atoms with Gasteiger partial charge in [0.15, 0.2) is 22.3 Å². The number of carbonyl (C=O) groups is 1. The van der Waals surface area contributed by atoms with Gasteiger partial charge >= 0.3 is 0 Å². The van der Waals surface area contributed by atoms with E-state index < -0.39 is 36.3 Å². The van der Waals surface area contributed by atoms with Gasteiger partial charge < -0.3 is 10.8 Å². The highest BCUT2D eigenvalue weighted by Crippen LogP contribution is 2.38. The Morgan fingerprint density at radius 3 is 1.56 bits per heavy atom. The van der Waals surface area contributed by atoms with Crippen molar-refractivity contribution in [2.24, 2.45) is 13.8 Å². The number of aliphatic hydroxyl groups is 1. The molecule has 9 nitrogen and oxygen atoms in total. The molecule has 0 aromatic heterocycles. The summed E-state index contributed by atoms with van der Waals surface area (Å²) >= 11 is 0. The molecule has 2 unspecified atom stereocenters. The van der Waals surface area contributed by atoms with Crippen LogP contribution in [0.5, 0.6) is 0 Å². The molecule has 0 aliphatic rings. The fourth-order valence-electron chi connectivity index (χ4n) is 2.90. The Kier molecular flexibility index (Phi) is 18.5. The van der Waals surface area contributed by atoms with Gasteiger partial charge in [-0.15, -0.1) is 0 Å². The minimum atomic E-state index is -2.37. The largest absolute Gasteiger partial charge is 0.400 e. The molecule has 5 N–H and O–H groups in total. The molecule has 0 heterocycles. The summed E-state index contributed by atoms with van der Waals surface area (Å²) in [6, 6.07) is 9.35. The molecule has 0 spiro atoms. The number of hydrogen-bond acceptors (Lipinski definition) is 7. The van der Waals surface area contributed by atoms with E-state index in [4.69, 9.17) is 10.8 Å². The Morgan fingerprint density at radius 2 is 1.20 bits per heavy atom.